The highest BCUT2D eigenvalue weighted by atomic mass is 35.5. The van der Waals surface area contributed by atoms with Crippen LogP contribution in [0.25, 0.3) is 40.0 Å². The topological polar surface area (TPSA) is 68.3 Å². The van der Waals surface area contributed by atoms with Gasteiger partial charge in [-0.2, -0.15) is 0 Å². The molecule has 0 saturated heterocycles. The van der Waals surface area contributed by atoms with Crippen molar-refractivity contribution in [3.63, 3.8) is 0 Å². The van der Waals surface area contributed by atoms with Crippen LogP contribution in [-0.2, 0) is 4.79 Å². The predicted molar refractivity (Wildman–Crippen MR) is 131 cm³/mol. The quantitative estimate of drug-likeness (QED) is 0.281. The minimum atomic E-state index is -0.277. The van der Waals surface area contributed by atoms with Crippen molar-refractivity contribution in [3.05, 3.63) is 101 Å². The van der Waals surface area contributed by atoms with E-state index >= 15 is 0 Å². The van der Waals surface area contributed by atoms with Gasteiger partial charge in [0.25, 0.3) is 0 Å². The van der Waals surface area contributed by atoms with Gasteiger partial charge in [0, 0.05) is 27.9 Å². The Bertz CT molecular complexity index is 1480. The Labute approximate surface area is 195 Å². The molecule has 0 aliphatic rings. The molecule has 0 aliphatic heterocycles. The Morgan fingerprint density at radius 3 is 2.61 bits per heavy atom. The molecule has 0 saturated carbocycles. The Morgan fingerprint density at radius 2 is 1.79 bits per heavy atom. The van der Waals surface area contributed by atoms with Crippen LogP contribution >= 0.6 is 11.6 Å². The van der Waals surface area contributed by atoms with Crippen LogP contribution in [0.2, 0.25) is 5.02 Å². The summed E-state index contributed by atoms with van der Waals surface area (Å²) in [5.74, 6) is 1.54. The molecule has 6 heteroatoms. The highest BCUT2D eigenvalue weighted by molar-refractivity contribution is 6.31. The van der Waals surface area contributed by atoms with Gasteiger partial charge in [-0.05, 0) is 61.0 Å². The number of hydrogen-bond acceptors (Lipinski definition) is 4. The van der Waals surface area contributed by atoms with E-state index in [0.29, 0.717) is 33.5 Å². The number of anilines is 1. The molecule has 33 heavy (non-hydrogen) atoms. The van der Waals surface area contributed by atoms with Crippen LogP contribution < -0.4 is 5.32 Å². The SMILES string of the molecule is Cc1ccc(-c2nc3cc(NC(=O)/C=C/c4ccc(-c5ccccc5)o4)ccc3o2)cc1Cl. The van der Waals surface area contributed by atoms with Crippen molar-refractivity contribution in [3.8, 4) is 22.8 Å². The molecule has 1 N–H and O–H groups in total. The second-order valence-corrected chi connectivity index (χ2v) is 7.96. The van der Waals surface area contributed by atoms with Gasteiger partial charge in [0.2, 0.25) is 11.8 Å². The lowest BCUT2D eigenvalue weighted by molar-refractivity contribution is -0.111. The maximum absolute atomic E-state index is 12.4. The smallest absolute Gasteiger partial charge is 0.248 e. The van der Waals surface area contributed by atoms with Gasteiger partial charge in [-0.25, -0.2) is 4.98 Å². The summed E-state index contributed by atoms with van der Waals surface area (Å²) in [7, 11) is 0. The lowest BCUT2D eigenvalue weighted by atomic mass is 10.1. The number of rotatable bonds is 5. The molecular weight excluding hydrogens is 436 g/mol. The second-order valence-electron chi connectivity index (χ2n) is 7.56. The number of furan rings is 1. The highest BCUT2D eigenvalue weighted by Gasteiger charge is 2.11. The van der Waals surface area contributed by atoms with Gasteiger partial charge in [0.1, 0.15) is 17.0 Å². The fourth-order valence-electron chi connectivity index (χ4n) is 3.40. The molecular formula is C27H19ClN2O3. The first-order chi connectivity index (χ1) is 16.0. The Hall–Kier alpha value is -4.09. The molecule has 0 radical (unpaired) electrons. The van der Waals surface area contributed by atoms with E-state index in [1.165, 1.54) is 6.08 Å². The summed E-state index contributed by atoms with van der Waals surface area (Å²) in [5.41, 5.74) is 4.64. The first-order valence-corrected chi connectivity index (χ1v) is 10.7. The van der Waals surface area contributed by atoms with Crippen molar-refractivity contribution in [2.45, 2.75) is 6.92 Å². The van der Waals surface area contributed by atoms with E-state index in [-0.39, 0.29) is 5.91 Å². The van der Waals surface area contributed by atoms with Crippen molar-refractivity contribution in [1.82, 2.24) is 4.98 Å². The molecule has 5 aromatic rings. The molecule has 0 spiro atoms. The fourth-order valence-corrected chi connectivity index (χ4v) is 3.58. The number of carbonyl (C=O) groups excluding carboxylic acids is 1. The second kappa shape index (κ2) is 8.81. The molecule has 0 fully saturated rings. The first kappa shape index (κ1) is 20.8. The zero-order valence-electron chi connectivity index (χ0n) is 17.7. The van der Waals surface area contributed by atoms with E-state index in [1.807, 2.05) is 67.6 Å². The van der Waals surface area contributed by atoms with E-state index in [2.05, 4.69) is 10.3 Å². The summed E-state index contributed by atoms with van der Waals surface area (Å²) >= 11 is 6.22. The predicted octanol–water partition coefficient (Wildman–Crippen LogP) is 7.37. The molecule has 3 aromatic carbocycles. The fraction of sp³-hybridized carbons (Fsp3) is 0.0370. The van der Waals surface area contributed by atoms with Gasteiger partial charge in [0.05, 0.1) is 0 Å². The molecule has 0 aliphatic carbocycles. The van der Waals surface area contributed by atoms with Crippen molar-refractivity contribution in [2.75, 3.05) is 5.32 Å². The zero-order chi connectivity index (χ0) is 22.8. The largest absolute Gasteiger partial charge is 0.457 e. The average Bonchev–Trinajstić information content (AvgIpc) is 3.47. The number of carbonyl (C=O) groups is 1. The third-order valence-corrected chi connectivity index (χ3v) is 5.57. The van der Waals surface area contributed by atoms with E-state index in [1.54, 1.807) is 24.3 Å². The summed E-state index contributed by atoms with van der Waals surface area (Å²) in [4.78, 5) is 16.9. The first-order valence-electron chi connectivity index (χ1n) is 10.4. The lowest BCUT2D eigenvalue weighted by Crippen LogP contribution is -2.07. The van der Waals surface area contributed by atoms with Crippen LogP contribution in [0.15, 0.2) is 93.8 Å². The molecule has 5 rings (SSSR count). The van der Waals surface area contributed by atoms with E-state index < -0.39 is 0 Å². The van der Waals surface area contributed by atoms with E-state index in [9.17, 15) is 4.79 Å². The number of nitrogens with one attached hydrogen (secondary N) is 1. The Morgan fingerprint density at radius 1 is 0.939 bits per heavy atom. The maximum Gasteiger partial charge on any atom is 0.248 e. The van der Waals surface area contributed by atoms with Crippen LogP contribution in [0.1, 0.15) is 11.3 Å². The maximum atomic E-state index is 12.4. The molecule has 0 bridgehead atoms. The number of fused-ring (bicyclic) bond motifs is 1. The standard InChI is InChI=1S/C27H19ClN2O3/c1-17-7-8-19(15-22(17)28)27-30-23-16-20(9-12-25(23)33-27)29-26(31)14-11-21-10-13-24(32-21)18-5-3-2-4-6-18/h2-16H,1H3,(H,29,31)/b14-11+. The number of oxazole rings is 1. The number of hydrogen-bond donors (Lipinski definition) is 1. The van der Waals surface area contributed by atoms with Crippen molar-refractivity contribution in [1.29, 1.82) is 0 Å². The number of aryl methyl sites for hydroxylation is 1. The number of halogens is 1. The summed E-state index contributed by atoms with van der Waals surface area (Å²) in [6, 6.07) is 24.5. The van der Waals surface area contributed by atoms with E-state index in [4.69, 9.17) is 20.4 Å². The molecule has 162 valence electrons. The normalized spacial score (nSPS) is 11.3. The van der Waals surface area contributed by atoms with Crippen LogP contribution in [0.3, 0.4) is 0 Å². The number of amides is 1. The monoisotopic (exact) mass is 454 g/mol. The highest BCUT2D eigenvalue weighted by Crippen LogP contribution is 2.29. The van der Waals surface area contributed by atoms with Crippen molar-refractivity contribution < 1.29 is 13.6 Å². The molecule has 0 unspecified atom stereocenters. The summed E-state index contributed by atoms with van der Waals surface area (Å²) < 4.78 is 11.6. The summed E-state index contributed by atoms with van der Waals surface area (Å²) in [6.45, 7) is 1.94. The third-order valence-electron chi connectivity index (χ3n) is 5.16. The van der Waals surface area contributed by atoms with Crippen LogP contribution in [0.4, 0.5) is 5.69 Å². The van der Waals surface area contributed by atoms with Crippen LogP contribution in [0.5, 0.6) is 0 Å². The molecule has 0 atom stereocenters. The zero-order valence-corrected chi connectivity index (χ0v) is 18.5. The Balaban J connectivity index is 1.29. The van der Waals surface area contributed by atoms with Crippen LogP contribution in [-0.4, -0.2) is 10.9 Å². The van der Waals surface area contributed by atoms with Gasteiger partial charge >= 0.3 is 0 Å². The minimum absolute atomic E-state index is 0.277. The van der Waals surface area contributed by atoms with E-state index in [0.717, 1.165) is 22.5 Å². The molecule has 2 aromatic heterocycles. The van der Waals surface area contributed by atoms with Gasteiger partial charge in [-0.3, -0.25) is 4.79 Å². The molecule has 2 heterocycles. The number of nitrogens with zero attached hydrogens (tertiary/aromatic N) is 1. The number of benzene rings is 3. The number of aromatic nitrogens is 1. The van der Waals surface area contributed by atoms with Gasteiger partial charge in [0.15, 0.2) is 5.58 Å². The minimum Gasteiger partial charge on any atom is -0.457 e. The average molecular weight is 455 g/mol. The molecule has 5 nitrogen and oxygen atoms in total. The molecule has 1 amide bonds. The van der Waals surface area contributed by atoms with Gasteiger partial charge in [-0.15, -0.1) is 0 Å². The van der Waals surface area contributed by atoms with Gasteiger partial charge in [-0.1, -0.05) is 48.0 Å². The van der Waals surface area contributed by atoms with Gasteiger partial charge < -0.3 is 14.2 Å². The van der Waals surface area contributed by atoms with Crippen molar-refractivity contribution in [2.24, 2.45) is 0 Å². The van der Waals surface area contributed by atoms with Crippen LogP contribution in [0, 0.1) is 6.92 Å². The lowest BCUT2D eigenvalue weighted by Gasteiger charge is -2.00. The summed E-state index contributed by atoms with van der Waals surface area (Å²) in [6.07, 6.45) is 3.07. The summed E-state index contributed by atoms with van der Waals surface area (Å²) in [5, 5.41) is 3.49. The Kier molecular flexibility index (Phi) is 5.55. The van der Waals surface area contributed by atoms with Crippen molar-refractivity contribution >= 4 is 40.4 Å². The third kappa shape index (κ3) is 4.59.